The molecule has 4 atom stereocenters. The van der Waals surface area contributed by atoms with Crippen molar-refractivity contribution in [2.24, 2.45) is 10.8 Å². The smallest absolute Gasteiger partial charge is 0.208 e. The normalized spacial score (nSPS) is 33.0. The summed E-state index contributed by atoms with van der Waals surface area (Å²) in [6, 6.07) is 12.3. The van der Waals surface area contributed by atoms with Gasteiger partial charge in [-0.2, -0.15) is 5.26 Å². The number of nitrogens with zero attached hydrogens (tertiary/aromatic N) is 1. The molecule has 3 rings (SSSR count). The maximum Gasteiger partial charge on any atom is 0.208 e. The summed E-state index contributed by atoms with van der Waals surface area (Å²) in [5.41, 5.74) is 1.56. The molecule has 1 aliphatic heterocycles. The minimum atomic E-state index is -0.620. The number of nitriles is 1. The summed E-state index contributed by atoms with van der Waals surface area (Å²) < 4.78 is 0. The minimum Gasteiger partial charge on any atom is -0.326 e. The van der Waals surface area contributed by atoms with Gasteiger partial charge in [-0.05, 0) is 17.4 Å². The number of carbonyl (C=O) groups is 1. The van der Waals surface area contributed by atoms with Gasteiger partial charge in [-0.25, -0.2) is 0 Å². The van der Waals surface area contributed by atoms with Crippen LogP contribution in [0.15, 0.2) is 30.3 Å². The number of benzene rings is 1. The van der Waals surface area contributed by atoms with Crippen molar-refractivity contribution in [2.45, 2.75) is 52.0 Å². The zero-order valence-corrected chi connectivity index (χ0v) is 14.4. The van der Waals surface area contributed by atoms with E-state index in [9.17, 15) is 10.1 Å². The maximum atomic E-state index is 12.7. The Balaban J connectivity index is 1.73. The predicted octanol–water partition coefficient (Wildman–Crippen LogP) is 2.35. The van der Waals surface area contributed by atoms with Gasteiger partial charge >= 0.3 is 0 Å². The summed E-state index contributed by atoms with van der Waals surface area (Å²) in [5.74, 6) is -0.548. The number of hydrogen-bond donors (Lipinski definition) is 1. The summed E-state index contributed by atoms with van der Waals surface area (Å²) in [4.78, 5) is 14.1. The van der Waals surface area contributed by atoms with Gasteiger partial charge in [0, 0.05) is 18.3 Å². The Labute approximate surface area is 139 Å². The van der Waals surface area contributed by atoms with E-state index in [4.69, 9.17) is 0 Å². The standard InChI is InChI=1S/C20H26N2O/c1-19(2)9-16-10-20(3,13-19)14-22(16)12-18(23)17(11-21)15-7-5-4-6-8-15/h4-8,16-17H,9-10,12-14H2,1-3H3/p+1/t16-,17+,20-/m1/s1. The Morgan fingerprint density at radius 1 is 1.30 bits per heavy atom. The molecule has 1 heterocycles. The second kappa shape index (κ2) is 5.76. The molecule has 0 amide bonds. The van der Waals surface area contributed by atoms with Crippen molar-refractivity contribution >= 4 is 5.78 Å². The fraction of sp³-hybridized carbons (Fsp3) is 0.600. The van der Waals surface area contributed by atoms with E-state index in [0.717, 1.165) is 12.1 Å². The number of Topliss-reactive ketones (excluding diaryl/α,β-unsaturated/α-hetero) is 1. The molecule has 1 aliphatic carbocycles. The zero-order valence-electron chi connectivity index (χ0n) is 14.4. The molecule has 0 spiro atoms. The molecule has 0 aromatic heterocycles. The van der Waals surface area contributed by atoms with Gasteiger partial charge in [0.1, 0.15) is 12.5 Å². The molecular weight excluding hydrogens is 284 g/mol. The molecule has 3 nitrogen and oxygen atoms in total. The van der Waals surface area contributed by atoms with E-state index in [1.807, 2.05) is 30.3 Å². The highest BCUT2D eigenvalue weighted by atomic mass is 16.1. The van der Waals surface area contributed by atoms with Crippen LogP contribution in [0.4, 0.5) is 0 Å². The summed E-state index contributed by atoms with van der Waals surface area (Å²) in [5, 5.41) is 9.46. The molecule has 2 fully saturated rings. The molecule has 23 heavy (non-hydrogen) atoms. The van der Waals surface area contributed by atoms with E-state index in [1.54, 1.807) is 0 Å². The first-order valence-corrected chi connectivity index (χ1v) is 8.64. The largest absolute Gasteiger partial charge is 0.326 e. The molecule has 2 aliphatic rings. The molecular formula is C20H27N2O+. The highest BCUT2D eigenvalue weighted by Gasteiger charge is 2.53. The lowest BCUT2D eigenvalue weighted by atomic mass is 9.65. The van der Waals surface area contributed by atoms with Crippen molar-refractivity contribution in [3.8, 4) is 6.07 Å². The van der Waals surface area contributed by atoms with Crippen LogP contribution in [-0.2, 0) is 4.79 Å². The molecule has 1 saturated carbocycles. The van der Waals surface area contributed by atoms with E-state index >= 15 is 0 Å². The van der Waals surface area contributed by atoms with Crippen LogP contribution < -0.4 is 4.90 Å². The Morgan fingerprint density at radius 3 is 2.65 bits per heavy atom. The molecule has 1 aromatic rings. The first-order valence-electron chi connectivity index (χ1n) is 8.64. The lowest BCUT2D eigenvalue weighted by molar-refractivity contribution is -0.906. The molecule has 3 heteroatoms. The fourth-order valence-electron chi connectivity index (χ4n) is 5.26. The average molecular weight is 311 g/mol. The molecule has 1 N–H and O–H groups in total. The number of likely N-dealkylation sites (tertiary alicyclic amines) is 1. The number of nitrogens with one attached hydrogen (secondary N) is 1. The highest BCUT2D eigenvalue weighted by molar-refractivity contribution is 5.89. The van der Waals surface area contributed by atoms with Gasteiger partial charge < -0.3 is 4.90 Å². The van der Waals surface area contributed by atoms with Crippen LogP contribution in [0, 0.1) is 22.2 Å². The first kappa shape index (κ1) is 16.2. The number of hydrogen-bond acceptors (Lipinski definition) is 2. The van der Waals surface area contributed by atoms with Crippen LogP contribution in [-0.4, -0.2) is 24.9 Å². The van der Waals surface area contributed by atoms with Crippen molar-refractivity contribution in [3.63, 3.8) is 0 Å². The zero-order chi connectivity index (χ0) is 16.7. The van der Waals surface area contributed by atoms with Gasteiger partial charge in [0.2, 0.25) is 5.78 Å². The Morgan fingerprint density at radius 2 is 2.00 bits per heavy atom. The van der Waals surface area contributed by atoms with Crippen LogP contribution in [0.25, 0.3) is 0 Å². The van der Waals surface area contributed by atoms with Crippen LogP contribution in [0.3, 0.4) is 0 Å². The van der Waals surface area contributed by atoms with Crippen molar-refractivity contribution < 1.29 is 9.69 Å². The Hall–Kier alpha value is -1.66. The molecule has 1 aromatic carbocycles. The van der Waals surface area contributed by atoms with E-state index in [0.29, 0.717) is 23.4 Å². The Bertz CT molecular complexity index is 631. The van der Waals surface area contributed by atoms with Crippen molar-refractivity contribution in [2.75, 3.05) is 13.1 Å². The van der Waals surface area contributed by atoms with E-state index < -0.39 is 5.92 Å². The monoisotopic (exact) mass is 311 g/mol. The SMILES string of the molecule is CC1(C)C[C@@H]2C[C@@](C)(C[NH+]2CC(=O)[C@@H](C#N)c2ccccc2)C1. The van der Waals surface area contributed by atoms with Gasteiger partial charge in [-0.3, -0.25) is 4.79 Å². The summed E-state index contributed by atoms with van der Waals surface area (Å²) in [6.45, 7) is 8.63. The van der Waals surface area contributed by atoms with Crippen LogP contribution in [0.5, 0.6) is 0 Å². The third-order valence-corrected chi connectivity index (χ3v) is 5.66. The first-order chi connectivity index (χ1) is 10.8. The lowest BCUT2D eigenvalue weighted by Crippen LogP contribution is -3.14. The maximum absolute atomic E-state index is 12.7. The van der Waals surface area contributed by atoms with Crippen LogP contribution >= 0.6 is 0 Å². The Kier molecular flexibility index (Phi) is 4.06. The number of ketones is 1. The van der Waals surface area contributed by atoms with Crippen molar-refractivity contribution in [1.82, 2.24) is 0 Å². The van der Waals surface area contributed by atoms with Gasteiger partial charge in [-0.1, -0.05) is 51.1 Å². The summed E-state index contributed by atoms with van der Waals surface area (Å²) in [6.07, 6.45) is 3.66. The topological polar surface area (TPSA) is 45.3 Å². The van der Waals surface area contributed by atoms with Crippen molar-refractivity contribution in [3.05, 3.63) is 35.9 Å². The van der Waals surface area contributed by atoms with Gasteiger partial charge in [0.05, 0.1) is 18.7 Å². The molecule has 2 bridgehead atoms. The van der Waals surface area contributed by atoms with Crippen LogP contribution in [0.2, 0.25) is 0 Å². The second-order valence-electron chi connectivity index (χ2n) is 8.71. The third-order valence-electron chi connectivity index (χ3n) is 5.66. The van der Waals surface area contributed by atoms with E-state index in [-0.39, 0.29) is 5.78 Å². The number of carbonyl (C=O) groups excluding carboxylic acids is 1. The molecule has 0 radical (unpaired) electrons. The molecule has 1 unspecified atom stereocenters. The highest BCUT2D eigenvalue weighted by Crippen LogP contribution is 2.47. The summed E-state index contributed by atoms with van der Waals surface area (Å²) >= 11 is 0. The third kappa shape index (κ3) is 3.33. The predicted molar refractivity (Wildman–Crippen MR) is 90.0 cm³/mol. The van der Waals surface area contributed by atoms with Crippen LogP contribution in [0.1, 0.15) is 51.5 Å². The molecule has 122 valence electrons. The van der Waals surface area contributed by atoms with Gasteiger partial charge in [0.25, 0.3) is 0 Å². The minimum absolute atomic E-state index is 0.0719. The quantitative estimate of drug-likeness (QED) is 0.928. The number of fused-ring (bicyclic) bond motifs is 2. The molecule has 1 saturated heterocycles. The summed E-state index contributed by atoms with van der Waals surface area (Å²) in [7, 11) is 0. The van der Waals surface area contributed by atoms with E-state index in [1.165, 1.54) is 24.2 Å². The van der Waals surface area contributed by atoms with Crippen molar-refractivity contribution in [1.29, 1.82) is 5.26 Å². The number of rotatable bonds is 4. The van der Waals surface area contributed by atoms with Gasteiger partial charge in [-0.15, -0.1) is 0 Å². The fourth-order valence-corrected chi connectivity index (χ4v) is 5.26. The number of quaternary nitrogens is 1. The second-order valence-corrected chi connectivity index (χ2v) is 8.71. The average Bonchev–Trinajstić information content (AvgIpc) is 2.69. The lowest BCUT2D eigenvalue weighted by Gasteiger charge is -2.37. The van der Waals surface area contributed by atoms with Gasteiger partial charge in [0.15, 0.2) is 0 Å². The van der Waals surface area contributed by atoms with E-state index in [2.05, 4.69) is 26.8 Å².